The number of esters is 4. The van der Waals surface area contributed by atoms with Gasteiger partial charge in [-0.2, -0.15) is 0 Å². The summed E-state index contributed by atoms with van der Waals surface area (Å²) in [5.74, 6) is -8.87. The van der Waals surface area contributed by atoms with E-state index in [-0.39, 0.29) is 20.0 Å². The van der Waals surface area contributed by atoms with E-state index in [2.05, 4.69) is 15.9 Å². The van der Waals surface area contributed by atoms with E-state index < -0.39 is 161 Å². The number of nitro groups is 1. The summed E-state index contributed by atoms with van der Waals surface area (Å²) in [4.78, 5) is 57.1. The van der Waals surface area contributed by atoms with Gasteiger partial charge in [-0.1, -0.05) is 27.5 Å². The van der Waals surface area contributed by atoms with Crippen LogP contribution in [-0.2, 0) is 57.1 Å². The molecule has 0 aromatic heterocycles. The summed E-state index contributed by atoms with van der Waals surface area (Å²) in [7, 11) is 1.58. The molecule has 4 aromatic rings. The Kier molecular flexibility index (Phi) is 21.0. The number of benzene rings is 4. The molecule has 0 atom stereocenters. The molecule has 4 aliphatic rings. The monoisotopic (exact) mass is 1570 g/mol. The number of ether oxygens (including phenoxy) is 9. The van der Waals surface area contributed by atoms with Gasteiger partial charge in [-0.25, -0.2) is 19.2 Å². The third-order valence-electron chi connectivity index (χ3n) is 8.65. The summed E-state index contributed by atoms with van der Waals surface area (Å²) >= 11 is 5.27. The lowest BCUT2D eigenvalue weighted by Gasteiger charge is -2.36. The van der Waals surface area contributed by atoms with Crippen LogP contribution in [0.3, 0.4) is 0 Å². The summed E-state index contributed by atoms with van der Waals surface area (Å²) in [5, 5.41) is 58.2. The number of rotatable bonds is 10. The first-order valence-corrected chi connectivity index (χ1v) is 31.1. The van der Waals surface area contributed by atoms with Crippen molar-refractivity contribution in [2.45, 2.75) is 78.5 Å². The first-order chi connectivity index (χ1) is 34.9. The van der Waals surface area contributed by atoms with E-state index in [1.165, 1.54) is 79.7 Å². The van der Waals surface area contributed by atoms with Gasteiger partial charge in [0, 0.05) is 21.6 Å². The number of carbonyl (C=O) groups is 4. The molecule has 0 radical (unpaired) electrons. The van der Waals surface area contributed by atoms with Crippen LogP contribution in [0.2, 0.25) is 5.02 Å². The van der Waals surface area contributed by atoms with E-state index in [9.17, 15) is 49.7 Å². The molecular formula is C49H43BrClI4NO19. The quantitative estimate of drug-likeness (QED) is 0.0469. The van der Waals surface area contributed by atoms with Gasteiger partial charge in [0.15, 0.2) is 37.4 Å². The maximum absolute atomic E-state index is 11.8. The smallest absolute Gasteiger partial charge is 0.388 e. The summed E-state index contributed by atoms with van der Waals surface area (Å²) in [6, 6.07) is 27.5. The number of carbonyl (C=O) groups excluding carboxylic acids is 4. The molecule has 0 saturated heterocycles. The Hall–Kier alpha value is -4.99. The zero-order chi connectivity index (χ0) is 55.6. The number of halogens is 6. The molecular weight excluding hydrogens is 1530 g/mol. The van der Waals surface area contributed by atoms with Gasteiger partial charge < -0.3 is 63.1 Å². The Bertz CT molecular complexity index is 2830. The molecule has 0 fully saturated rings. The van der Waals surface area contributed by atoms with Gasteiger partial charge in [0.25, 0.3) is 20.0 Å². The Balaban J connectivity index is 0.000000185. The third kappa shape index (κ3) is 18.6. The molecule has 20 nitrogen and oxygen atoms in total. The zero-order valence-electron chi connectivity index (χ0n) is 40.7. The van der Waals surface area contributed by atoms with Crippen LogP contribution in [-0.4, -0.2) is 59.1 Å². The number of hydrogen-bond acceptors (Lipinski definition) is 19. The molecule has 4 heterocycles. The van der Waals surface area contributed by atoms with Crippen molar-refractivity contribution in [3.8, 4) is 5.75 Å². The van der Waals surface area contributed by atoms with Gasteiger partial charge in [-0.05, 0) is 140 Å². The van der Waals surface area contributed by atoms with Crippen molar-refractivity contribution >= 4 is 57.1 Å². The largest absolute Gasteiger partial charge is 0.572 e. The average Bonchev–Trinajstić information content (AvgIpc) is 3.30. The minimum atomic E-state index is -1.25. The Labute approximate surface area is 484 Å². The van der Waals surface area contributed by atoms with Gasteiger partial charge in [0.2, 0.25) is 0 Å². The van der Waals surface area contributed by atoms with Crippen molar-refractivity contribution in [2.75, 3.05) is 7.11 Å². The summed E-state index contributed by atoms with van der Waals surface area (Å²) in [6.07, 6.45) is 0. The SMILES string of the molecule is CC1(C)OC(=O)C([I+]c2ccc(Br)cc2)=C([O-])O1.CC1(C)OC(=O)C([I+]c2ccc(Cl)cc2)=C([O-])O1.CC1(C)OC(=O)C([I+]c2ccc([N+](=O)[O-])cc2)=C([O-])O1.COc1ccc([I+]C2=C([O-])OC(C)(C)OC2=O)cc1. The number of cyclic esters (lactones) is 4. The van der Waals surface area contributed by atoms with Gasteiger partial charge >= 0.3 is 109 Å². The predicted molar refractivity (Wildman–Crippen MR) is 240 cm³/mol. The first kappa shape index (κ1) is 60.9. The second-order valence-electron chi connectivity index (χ2n) is 16.6. The first-order valence-electron chi connectivity index (χ1n) is 21.3. The fourth-order valence-corrected chi connectivity index (χ4v) is 14.0. The molecule has 0 amide bonds. The predicted octanol–water partition coefficient (Wildman–Crippen LogP) is -7.53. The van der Waals surface area contributed by atoms with E-state index in [1.807, 2.05) is 36.4 Å². The van der Waals surface area contributed by atoms with E-state index in [4.69, 9.17) is 54.2 Å². The van der Waals surface area contributed by atoms with E-state index in [0.717, 1.165) is 20.9 Å². The molecule has 0 aliphatic carbocycles. The van der Waals surface area contributed by atoms with Crippen LogP contribution in [0, 0.1) is 24.4 Å². The number of nitro benzene ring substituents is 1. The number of hydrogen-bond donors (Lipinski definition) is 0. The van der Waals surface area contributed by atoms with Gasteiger partial charge in [0.1, 0.15) is 29.5 Å². The Morgan fingerprint density at radius 2 is 0.707 bits per heavy atom. The lowest BCUT2D eigenvalue weighted by Crippen LogP contribution is -3.61. The van der Waals surface area contributed by atoms with Crippen molar-refractivity contribution in [2.24, 2.45) is 0 Å². The van der Waals surface area contributed by atoms with Crippen LogP contribution >= 0.6 is 27.5 Å². The van der Waals surface area contributed by atoms with Crippen molar-refractivity contribution < 1.29 is 172 Å². The van der Waals surface area contributed by atoms with Crippen molar-refractivity contribution in [3.63, 3.8) is 0 Å². The minimum Gasteiger partial charge on any atom is -0.572 e. The van der Waals surface area contributed by atoms with E-state index in [0.29, 0.717) is 8.59 Å². The summed E-state index contributed by atoms with van der Waals surface area (Å²) in [6.45, 7) is 12.2. The molecule has 0 saturated carbocycles. The normalized spacial score (nSPS) is 17.9. The molecule has 26 heteroatoms. The van der Waals surface area contributed by atoms with Crippen LogP contribution in [0.4, 0.5) is 5.69 Å². The zero-order valence-corrected chi connectivity index (χ0v) is 51.7. The number of non-ortho nitro benzene ring substituents is 1. The molecule has 8 rings (SSSR count). The maximum atomic E-state index is 11.8. The number of nitrogens with zero attached hydrogens (tertiary/aromatic N) is 1. The Morgan fingerprint density at radius 3 is 0.960 bits per heavy atom. The van der Waals surface area contributed by atoms with Crippen LogP contribution in [0.1, 0.15) is 55.4 Å². The molecule has 0 unspecified atom stereocenters. The average molecular weight is 1570 g/mol. The van der Waals surface area contributed by atoms with Crippen molar-refractivity contribution in [1.82, 2.24) is 0 Å². The molecule has 0 spiro atoms. The highest BCUT2D eigenvalue weighted by molar-refractivity contribution is 9.10. The van der Waals surface area contributed by atoms with E-state index >= 15 is 0 Å². The van der Waals surface area contributed by atoms with Crippen LogP contribution in [0.5, 0.6) is 5.75 Å². The number of methoxy groups -OCH3 is 1. The molecule has 4 aliphatic heterocycles. The second-order valence-corrected chi connectivity index (χ2v) is 29.4. The van der Waals surface area contributed by atoms with Gasteiger partial charge in [-0.15, -0.1) is 0 Å². The lowest BCUT2D eigenvalue weighted by molar-refractivity contribution is -0.588. The fourth-order valence-electron chi connectivity index (χ4n) is 5.55. The van der Waals surface area contributed by atoms with Gasteiger partial charge in [-0.3, -0.25) is 10.1 Å². The summed E-state index contributed by atoms with van der Waals surface area (Å²) in [5.41, 5.74) is -0.0438. The maximum Gasteiger partial charge on any atom is 0.388 e. The van der Waals surface area contributed by atoms with Crippen molar-refractivity contribution in [3.05, 3.63) is 169 Å². The van der Waals surface area contributed by atoms with Crippen LogP contribution in [0.25, 0.3) is 0 Å². The Morgan fingerprint density at radius 1 is 0.453 bits per heavy atom. The van der Waals surface area contributed by atoms with Gasteiger partial charge in [0.05, 0.1) is 12.0 Å². The van der Waals surface area contributed by atoms with Crippen molar-refractivity contribution in [1.29, 1.82) is 0 Å². The standard InChI is InChI=1S/C13H13IO5.C12H10BrIO4.C12H10ClIO4.C12H10INO6/c1-13(2)18-11(15)10(12(16)19-13)14-8-4-6-9(17-3)7-5-8;2*1-12(2)17-10(15)9(11(16)18-12)14-8-5-3-7(13)4-6-8;1-12(2)19-10(15)9(11(16)20-12)13-7-3-5-8(6-4-7)14(17)18/h4-7H,1-3H3;2*3-6H,1-2H3;3-6H,1-2H3. The molecule has 0 N–H and O–H groups in total. The third-order valence-corrected chi connectivity index (χ3v) is 20.5. The molecule has 0 bridgehead atoms. The lowest BCUT2D eigenvalue weighted by atomic mass is 10.3. The molecule has 400 valence electrons. The minimum absolute atomic E-state index is 0.0167. The highest BCUT2D eigenvalue weighted by Gasteiger charge is 2.42. The van der Waals surface area contributed by atoms with Crippen LogP contribution in [0.15, 0.2) is 140 Å². The second kappa shape index (κ2) is 25.9. The summed E-state index contributed by atoms with van der Waals surface area (Å²) < 4.78 is 50.1. The highest BCUT2D eigenvalue weighted by atomic mass is 127. The van der Waals surface area contributed by atoms with E-state index in [1.54, 1.807) is 43.5 Å². The van der Waals surface area contributed by atoms with Crippen LogP contribution < -0.4 is 110 Å². The molecule has 75 heavy (non-hydrogen) atoms. The topological polar surface area (TPSA) is 287 Å². The fraction of sp³-hybridized carbons (Fsp3) is 0.265. The highest BCUT2D eigenvalue weighted by Crippen LogP contribution is 2.23. The molecule has 4 aromatic carbocycles.